The van der Waals surface area contributed by atoms with Gasteiger partial charge in [0.1, 0.15) is 12.1 Å². The normalized spacial score (nSPS) is 17.0. The van der Waals surface area contributed by atoms with Crippen molar-refractivity contribution in [3.8, 4) is 0 Å². The molecule has 5 nitrogen and oxygen atoms in total. The van der Waals surface area contributed by atoms with Crippen LogP contribution in [0.4, 0.5) is 5.82 Å². The Morgan fingerprint density at radius 2 is 1.69 bits per heavy atom. The summed E-state index contributed by atoms with van der Waals surface area (Å²) >= 11 is 0. The van der Waals surface area contributed by atoms with Crippen LogP contribution in [0.1, 0.15) is 65.4 Å². The number of rotatable bonds is 2. The molecule has 29 heavy (non-hydrogen) atoms. The van der Waals surface area contributed by atoms with E-state index in [9.17, 15) is 0 Å². The number of nitrogen functional groups attached to an aromatic ring is 1. The van der Waals surface area contributed by atoms with Gasteiger partial charge >= 0.3 is 0 Å². The lowest BCUT2D eigenvalue weighted by molar-refractivity contribution is 0.00858. The van der Waals surface area contributed by atoms with E-state index >= 15 is 0 Å². The quantitative estimate of drug-likeness (QED) is 0.715. The molecule has 5 heteroatoms. The molecule has 0 spiro atoms. The monoisotopic (exact) mass is 400 g/mol. The Labute approximate surface area is 177 Å². The van der Waals surface area contributed by atoms with Gasteiger partial charge in [-0.25, -0.2) is 9.97 Å². The van der Waals surface area contributed by atoms with Crippen LogP contribution in [0.5, 0.6) is 0 Å². The average molecular weight is 401 g/mol. The molecule has 1 aromatic heterocycles. The average Bonchev–Trinajstić information content (AvgIpc) is 2.83. The maximum absolute atomic E-state index is 5.69. The number of nitrogens with two attached hydrogens (primary N) is 1. The van der Waals surface area contributed by atoms with Crippen LogP contribution in [0.25, 0.3) is 17.0 Å². The third-order valence-electron chi connectivity index (χ3n) is 5.06. The second kappa shape index (κ2) is 14.9. The van der Waals surface area contributed by atoms with E-state index in [1.165, 1.54) is 51.5 Å². The van der Waals surface area contributed by atoms with E-state index in [2.05, 4.69) is 21.4 Å². The summed E-state index contributed by atoms with van der Waals surface area (Å²) in [6.07, 6.45) is 10.4. The van der Waals surface area contributed by atoms with Crippen LogP contribution in [0.2, 0.25) is 0 Å². The van der Waals surface area contributed by atoms with Crippen molar-refractivity contribution in [2.24, 2.45) is 0 Å². The highest BCUT2D eigenvalue weighted by Gasteiger charge is 2.22. The van der Waals surface area contributed by atoms with E-state index in [0.717, 1.165) is 35.7 Å². The number of hydrogen-bond donors (Lipinski definition) is 1. The van der Waals surface area contributed by atoms with E-state index in [0.29, 0.717) is 5.82 Å². The number of ether oxygens (including phenoxy) is 1. The lowest BCUT2D eigenvalue weighted by Crippen LogP contribution is -2.44. The van der Waals surface area contributed by atoms with E-state index in [-0.39, 0.29) is 0 Å². The summed E-state index contributed by atoms with van der Waals surface area (Å²) in [7, 11) is 0. The first-order valence-corrected chi connectivity index (χ1v) is 11.2. The summed E-state index contributed by atoms with van der Waals surface area (Å²) in [6, 6.07) is 6.67. The first kappa shape index (κ1) is 25.1. The lowest BCUT2D eigenvalue weighted by Gasteiger charge is -2.36. The van der Waals surface area contributed by atoms with Crippen molar-refractivity contribution in [3.05, 3.63) is 36.7 Å². The van der Waals surface area contributed by atoms with Gasteiger partial charge in [-0.05, 0) is 30.5 Å². The Morgan fingerprint density at radius 1 is 1.03 bits per heavy atom. The van der Waals surface area contributed by atoms with Gasteiger partial charge < -0.3 is 10.5 Å². The van der Waals surface area contributed by atoms with Gasteiger partial charge in [-0.15, -0.1) is 0 Å². The molecule has 2 aliphatic rings. The largest absolute Gasteiger partial charge is 0.383 e. The third kappa shape index (κ3) is 8.11. The van der Waals surface area contributed by atoms with Crippen molar-refractivity contribution in [3.63, 3.8) is 0 Å². The molecule has 2 aromatic rings. The molecule has 1 aliphatic heterocycles. The number of nitrogens with zero attached hydrogens (tertiary/aromatic N) is 3. The molecule has 162 valence electrons. The summed E-state index contributed by atoms with van der Waals surface area (Å²) in [5, 5.41) is 0.875. The van der Waals surface area contributed by atoms with Crippen LogP contribution in [0.3, 0.4) is 0 Å². The Kier molecular flexibility index (Phi) is 12.9. The smallest absolute Gasteiger partial charge is 0.134 e. The van der Waals surface area contributed by atoms with E-state index in [4.69, 9.17) is 10.5 Å². The predicted molar refractivity (Wildman–Crippen MR) is 126 cm³/mol. The summed E-state index contributed by atoms with van der Waals surface area (Å²) in [5.74, 6) is 0.508. The highest BCUT2D eigenvalue weighted by Crippen LogP contribution is 2.23. The number of aromatic nitrogens is 2. The van der Waals surface area contributed by atoms with Crippen LogP contribution >= 0.6 is 0 Å². The number of anilines is 1. The first-order chi connectivity index (χ1) is 14.3. The first-order valence-electron chi connectivity index (χ1n) is 11.2. The molecule has 4 rings (SSSR count). The number of morpholine rings is 1. The van der Waals surface area contributed by atoms with Gasteiger partial charge in [0, 0.05) is 24.5 Å². The van der Waals surface area contributed by atoms with Crippen molar-refractivity contribution >= 4 is 22.8 Å². The van der Waals surface area contributed by atoms with Gasteiger partial charge in [0.2, 0.25) is 0 Å². The van der Waals surface area contributed by atoms with Gasteiger partial charge in [0.05, 0.1) is 18.7 Å². The highest BCUT2D eigenvalue weighted by molar-refractivity contribution is 5.89. The molecular weight excluding hydrogens is 360 g/mol. The Bertz CT molecular complexity index is 676. The zero-order valence-corrected chi connectivity index (χ0v) is 18.9. The second-order valence-electron chi connectivity index (χ2n) is 6.68. The zero-order chi connectivity index (χ0) is 21.5. The van der Waals surface area contributed by atoms with E-state index in [1.54, 1.807) is 6.08 Å². The number of fused-ring (bicyclic) bond motifs is 1. The molecule has 2 N–H and O–H groups in total. The Balaban J connectivity index is 0.000000248. The van der Waals surface area contributed by atoms with E-state index in [1.807, 2.05) is 45.9 Å². The van der Waals surface area contributed by atoms with Crippen molar-refractivity contribution in [1.29, 1.82) is 0 Å². The van der Waals surface area contributed by atoms with Crippen LogP contribution in [-0.2, 0) is 4.74 Å². The standard InChI is InChI=1S/C10H9N3.C10H19NO.2C2H6/c1-2-7-3-4-9-8(5-7)10(11)13-6-12-9;1-2-4-10(5-3-1)11-6-8-12-9-7-11;2*1-2/h2-6H,1H2,(H2,11,12,13);10H,1-9H2;2*1-2H3. The molecule has 0 unspecified atom stereocenters. The minimum Gasteiger partial charge on any atom is -0.383 e. The lowest BCUT2D eigenvalue weighted by atomic mass is 9.94. The minimum absolute atomic E-state index is 0.508. The molecule has 0 amide bonds. The molecule has 1 saturated carbocycles. The van der Waals surface area contributed by atoms with Crippen LogP contribution in [0.15, 0.2) is 31.1 Å². The molecule has 0 bridgehead atoms. The maximum Gasteiger partial charge on any atom is 0.134 e. The molecule has 1 aromatic carbocycles. The van der Waals surface area contributed by atoms with Gasteiger partial charge in [0.25, 0.3) is 0 Å². The molecule has 1 aliphatic carbocycles. The fourth-order valence-corrected chi connectivity index (χ4v) is 3.61. The molecule has 2 heterocycles. The van der Waals surface area contributed by atoms with Gasteiger partial charge in [0.15, 0.2) is 0 Å². The molecule has 1 saturated heterocycles. The fourth-order valence-electron chi connectivity index (χ4n) is 3.61. The van der Waals surface area contributed by atoms with Crippen LogP contribution in [-0.4, -0.2) is 47.2 Å². The molecular formula is C24H40N4O. The van der Waals surface area contributed by atoms with Crippen LogP contribution in [0, 0.1) is 0 Å². The zero-order valence-electron chi connectivity index (χ0n) is 18.9. The summed E-state index contributed by atoms with van der Waals surface area (Å²) in [5.41, 5.74) is 7.58. The Hall–Kier alpha value is -1.98. The van der Waals surface area contributed by atoms with Crippen molar-refractivity contribution in [1.82, 2.24) is 14.9 Å². The van der Waals surface area contributed by atoms with E-state index < -0.39 is 0 Å². The fraction of sp³-hybridized carbons (Fsp3) is 0.583. The van der Waals surface area contributed by atoms with Crippen molar-refractivity contribution in [2.45, 2.75) is 65.8 Å². The van der Waals surface area contributed by atoms with Crippen molar-refractivity contribution in [2.75, 3.05) is 32.0 Å². The second-order valence-corrected chi connectivity index (χ2v) is 6.68. The SMILES string of the molecule is C1CCC(N2CCOCC2)CC1.C=Cc1ccc2ncnc(N)c2c1.CC.CC. The summed E-state index contributed by atoms with van der Waals surface area (Å²) in [4.78, 5) is 10.6. The Morgan fingerprint density at radius 3 is 2.31 bits per heavy atom. The number of hydrogen-bond acceptors (Lipinski definition) is 5. The topological polar surface area (TPSA) is 64.3 Å². The van der Waals surface area contributed by atoms with Gasteiger partial charge in [-0.1, -0.05) is 65.7 Å². The maximum atomic E-state index is 5.69. The van der Waals surface area contributed by atoms with Crippen LogP contribution < -0.4 is 5.73 Å². The van der Waals surface area contributed by atoms with Gasteiger partial charge in [-0.2, -0.15) is 0 Å². The minimum atomic E-state index is 0.508. The summed E-state index contributed by atoms with van der Waals surface area (Å²) in [6.45, 7) is 15.9. The third-order valence-corrected chi connectivity index (χ3v) is 5.06. The predicted octanol–water partition coefficient (Wildman–Crippen LogP) is 5.56. The van der Waals surface area contributed by atoms with Gasteiger partial charge in [-0.3, -0.25) is 4.90 Å². The molecule has 0 atom stereocenters. The summed E-state index contributed by atoms with van der Waals surface area (Å²) < 4.78 is 5.35. The molecule has 0 radical (unpaired) electrons. The number of benzene rings is 1. The highest BCUT2D eigenvalue weighted by atomic mass is 16.5. The van der Waals surface area contributed by atoms with Crippen molar-refractivity contribution < 1.29 is 4.74 Å². The molecule has 2 fully saturated rings.